The molecule has 1 aromatic carbocycles. The molecule has 1 nitrogen and oxygen atoms in total. The minimum Gasteiger partial charge on any atom is -0.314 e. The van der Waals surface area contributed by atoms with E-state index in [1.54, 1.807) is 12.1 Å². The van der Waals surface area contributed by atoms with Crippen molar-refractivity contribution in [3.05, 3.63) is 35.4 Å². The van der Waals surface area contributed by atoms with E-state index >= 15 is 0 Å². The molecule has 1 aliphatic rings. The number of hydrogen-bond acceptors (Lipinski definition) is 1. The fourth-order valence-corrected chi connectivity index (χ4v) is 3.29. The molecule has 1 atom stereocenters. The summed E-state index contributed by atoms with van der Waals surface area (Å²) in [6.45, 7) is 2.99. The van der Waals surface area contributed by atoms with Gasteiger partial charge in [0.15, 0.2) is 0 Å². The van der Waals surface area contributed by atoms with Gasteiger partial charge in [0, 0.05) is 6.04 Å². The number of alkyl halides is 3. The molecule has 0 spiro atoms. The van der Waals surface area contributed by atoms with Gasteiger partial charge < -0.3 is 5.32 Å². The summed E-state index contributed by atoms with van der Waals surface area (Å²) in [6.07, 6.45) is 2.91. The van der Waals surface area contributed by atoms with Gasteiger partial charge in [-0.3, -0.25) is 0 Å². The van der Waals surface area contributed by atoms with E-state index in [9.17, 15) is 13.2 Å². The normalized spacial score (nSPS) is 18.7. The number of nitrogens with one attached hydrogen (secondary N) is 1. The van der Waals surface area contributed by atoms with Crippen LogP contribution in [0.5, 0.6) is 0 Å². The Morgan fingerprint density at radius 1 is 1.10 bits per heavy atom. The smallest absolute Gasteiger partial charge is 0.314 e. The monoisotopic (exact) mass is 299 g/mol. The van der Waals surface area contributed by atoms with Crippen LogP contribution in [0.4, 0.5) is 13.2 Å². The van der Waals surface area contributed by atoms with Crippen LogP contribution >= 0.6 is 0 Å². The summed E-state index contributed by atoms with van der Waals surface area (Å²) in [5.74, 6) is 0.654. The molecule has 1 unspecified atom stereocenters. The zero-order chi connectivity index (χ0) is 15.3. The van der Waals surface area contributed by atoms with Gasteiger partial charge in [0.1, 0.15) is 0 Å². The fraction of sp³-hybridized carbons (Fsp3) is 0.647. The minimum absolute atomic E-state index is 0.382. The molecular formula is C17H24F3N. The largest absolute Gasteiger partial charge is 0.416 e. The molecule has 0 aliphatic heterocycles. The summed E-state index contributed by atoms with van der Waals surface area (Å²) in [4.78, 5) is 0. The van der Waals surface area contributed by atoms with Gasteiger partial charge in [-0.25, -0.2) is 0 Å². The maximum absolute atomic E-state index is 12.6. The van der Waals surface area contributed by atoms with Gasteiger partial charge in [-0.2, -0.15) is 13.2 Å². The molecule has 1 N–H and O–H groups in total. The van der Waals surface area contributed by atoms with Crippen LogP contribution < -0.4 is 5.32 Å². The third-order valence-corrected chi connectivity index (χ3v) is 4.42. The van der Waals surface area contributed by atoms with Crippen LogP contribution in [0.1, 0.15) is 50.2 Å². The summed E-state index contributed by atoms with van der Waals surface area (Å²) in [5.41, 5.74) is 0.420. The van der Waals surface area contributed by atoms with Crippen LogP contribution in [0.3, 0.4) is 0 Å². The van der Waals surface area contributed by atoms with Crippen molar-refractivity contribution in [1.82, 2.24) is 5.32 Å². The highest BCUT2D eigenvalue weighted by Gasteiger charge is 2.30. The predicted octanol–water partition coefficient (Wildman–Crippen LogP) is 4.81. The van der Waals surface area contributed by atoms with Crippen molar-refractivity contribution in [1.29, 1.82) is 0 Å². The average molecular weight is 299 g/mol. The minimum atomic E-state index is -4.25. The Labute approximate surface area is 124 Å². The number of likely N-dealkylation sites (N-methyl/N-ethyl adjacent to an activating group) is 1. The lowest BCUT2D eigenvalue weighted by molar-refractivity contribution is -0.137. The molecule has 1 aromatic rings. The van der Waals surface area contributed by atoms with Crippen LogP contribution in [0.15, 0.2) is 24.3 Å². The Kier molecular flexibility index (Phi) is 5.68. The van der Waals surface area contributed by atoms with Crippen LogP contribution in [-0.2, 0) is 12.6 Å². The third kappa shape index (κ3) is 4.73. The molecule has 1 fully saturated rings. The molecule has 2 rings (SSSR count). The molecular weight excluding hydrogens is 275 g/mol. The van der Waals surface area contributed by atoms with Crippen LogP contribution in [0.2, 0.25) is 0 Å². The molecule has 21 heavy (non-hydrogen) atoms. The van der Waals surface area contributed by atoms with Gasteiger partial charge in [0.25, 0.3) is 0 Å². The molecule has 0 bridgehead atoms. The summed E-state index contributed by atoms with van der Waals surface area (Å²) in [5, 5.41) is 3.52. The molecule has 1 aliphatic carbocycles. The van der Waals surface area contributed by atoms with Crippen molar-refractivity contribution in [3.63, 3.8) is 0 Å². The maximum atomic E-state index is 12.6. The van der Waals surface area contributed by atoms with Crippen molar-refractivity contribution in [2.75, 3.05) is 6.54 Å². The molecule has 1 saturated carbocycles. The zero-order valence-corrected chi connectivity index (χ0v) is 12.5. The lowest BCUT2D eigenvalue weighted by Crippen LogP contribution is -2.38. The Bertz CT molecular complexity index is 419. The van der Waals surface area contributed by atoms with Crippen molar-refractivity contribution in [3.8, 4) is 0 Å². The van der Waals surface area contributed by atoms with E-state index in [0.717, 1.165) is 18.5 Å². The Hall–Kier alpha value is -1.03. The first-order valence-corrected chi connectivity index (χ1v) is 7.90. The van der Waals surface area contributed by atoms with Crippen molar-refractivity contribution in [2.45, 2.75) is 57.7 Å². The fourth-order valence-electron chi connectivity index (χ4n) is 3.29. The summed E-state index contributed by atoms with van der Waals surface area (Å²) in [6, 6.07) is 6.01. The second-order valence-corrected chi connectivity index (χ2v) is 5.96. The second-order valence-electron chi connectivity index (χ2n) is 5.96. The first-order chi connectivity index (χ1) is 10.0. The van der Waals surface area contributed by atoms with Gasteiger partial charge in [0.05, 0.1) is 5.56 Å². The summed E-state index contributed by atoms with van der Waals surface area (Å²) in [7, 11) is 0. The van der Waals surface area contributed by atoms with Crippen molar-refractivity contribution >= 4 is 0 Å². The second kappa shape index (κ2) is 7.30. The van der Waals surface area contributed by atoms with Crippen LogP contribution in [-0.4, -0.2) is 12.6 Å². The molecule has 0 amide bonds. The highest BCUT2D eigenvalue weighted by Crippen LogP contribution is 2.31. The van der Waals surface area contributed by atoms with Gasteiger partial charge in [0.2, 0.25) is 0 Å². The summed E-state index contributed by atoms with van der Waals surface area (Å²) < 4.78 is 37.7. The topological polar surface area (TPSA) is 12.0 Å². The van der Waals surface area contributed by atoms with E-state index in [-0.39, 0.29) is 0 Å². The predicted molar refractivity (Wildman–Crippen MR) is 79.2 cm³/mol. The van der Waals surface area contributed by atoms with Gasteiger partial charge >= 0.3 is 6.18 Å². The molecule has 0 saturated heterocycles. The van der Waals surface area contributed by atoms with Crippen molar-refractivity contribution < 1.29 is 13.2 Å². The molecule has 118 valence electrons. The van der Waals surface area contributed by atoms with E-state index in [4.69, 9.17) is 0 Å². The number of rotatable bonds is 5. The number of benzene rings is 1. The zero-order valence-electron chi connectivity index (χ0n) is 12.5. The molecule has 0 radical (unpaired) electrons. The van der Waals surface area contributed by atoms with Crippen LogP contribution in [0, 0.1) is 5.92 Å². The Morgan fingerprint density at radius 2 is 1.71 bits per heavy atom. The summed E-state index contributed by atoms with van der Waals surface area (Å²) >= 11 is 0. The van der Waals surface area contributed by atoms with E-state index in [1.165, 1.54) is 44.2 Å². The first kappa shape index (κ1) is 16.3. The number of hydrogen-bond donors (Lipinski definition) is 1. The van der Waals surface area contributed by atoms with Gasteiger partial charge in [-0.15, -0.1) is 0 Å². The molecule has 0 aromatic heterocycles. The van der Waals surface area contributed by atoms with E-state index < -0.39 is 11.7 Å². The Balaban J connectivity index is 2.02. The Morgan fingerprint density at radius 3 is 2.24 bits per heavy atom. The van der Waals surface area contributed by atoms with Gasteiger partial charge in [-0.1, -0.05) is 38.3 Å². The van der Waals surface area contributed by atoms with Crippen molar-refractivity contribution in [2.24, 2.45) is 5.92 Å². The number of halogens is 3. The highest BCUT2D eigenvalue weighted by atomic mass is 19.4. The van der Waals surface area contributed by atoms with E-state index in [0.29, 0.717) is 12.0 Å². The third-order valence-electron chi connectivity index (χ3n) is 4.42. The lowest BCUT2D eigenvalue weighted by atomic mass is 9.81. The average Bonchev–Trinajstić information content (AvgIpc) is 2.47. The standard InChI is InChI=1S/C17H24F3N/c1-2-21-16(14-6-4-3-5-7-14)12-13-8-10-15(11-9-13)17(18,19)20/h8-11,14,16,21H,2-7,12H2,1H3. The van der Waals surface area contributed by atoms with Gasteiger partial charge in [-0.05, 0) is 49.4 Å². The quantitative estimate of drug-likeness (QED) is 0.823. The van der Waals surface area contributed by atoms with E-state index in [2.05, 4.69) is 12.2 Å². The maximum Gasteiger partial charge on any atom is 0.416 e. The SMILES string of the molecule is CCNC(Cc1ccc(C(F)(F)F)cc1)C1CCCCC1. The molecule has 4 heteroatoms. The van der Waals surface area contributed by atoms with Crippen LogP contribution in [0.25, 0.3) is 0 Å². The van der Waals surface area contributed by atoms with E-state index in [1.807, 2.05) is 0 Å². The molecule has 0 heterocycles. The highest BCUT2D eigenvalue weighted by molar-refractivity contribution is 5.25. The lowest BCUT2D eigenvalue weighted by Gasteiger charge is -2.31. The first-order valence-electron chi connectivity index (χ1n) is 7.90.